The Morgan fingerprint density at radius 2 is 1.60 bits per heavy atom. The van der Waals surface area contributed by atoms with E-state index in [9.17, 15) is 22.4 Å². The van der Waals surface area contributed by atoms with Gasteiger partial charge in [0.2, 0.25) is 11.8 Å². The van der Waals surface area contributed by atoms with E-state index in [1.165, 1.54) is 84.8 Å². The molecule has 0 aliphatic heterocycles. The summed E-state index contributed by atoms with van der Waals surface area (Å²) in [6.45, 7) is 1.01. The van der Waals surface area contributed by atoms with Crippen LogP contribution in [0.4, 0.5) is 10.1 Å². The van der Waals surface area contributed by atoms with Crippen LogP contribution in [0.15, 0.2) is 77.7 Å². The van der Waals surface area contributed by atoms with Crippen LogP contribution in [0.3, 0.4) is 0 Å². The van der Waals surface area contributed by atoms with E-state index in [-0.39, 0.29) is 29.1 Å². The molecule has 3 aromatic carbocycles. The van der Waals surface area contributed by atoms with E-state index >= 15 is 0 Å². The zero-order valence-corrected chi connectivity index (χ0v) is 25.2. The van der Waals surface area contributed by atoms with Crippen molar-refractivity contribution in [2.75, 3.05) is 18.0 Å². The molecule has 4 rings (SSSR count). The highest BCUT2D eigenvalue weighted by Gasteiger charge is 2.33. The maximum absolute atomic E-state index is 14.0. The van der Waals surface area contributed by atoms with Gasteiger partial charge in [-0.2, -0.15) is 0 Å². The predicted octanol–water partition coefficient (Wildman–Crippen LogP) is 5.55. The van der Waals surface area contributed by atoms with E-state index in [4.69, 9.17) is 16.3 Å². The van der Waals surface area contributed by atoms with Gasteiger partial charge in [0.25, 0.3) is 10.0 Å². The maximum Gasteiger partial charge on any atom is 0.264 e. The van der Waals surface area contributed by atoms with E-state index in [1.54, 1.807) is 6.92 Å². The molecule has 8 nitrogen and oxygen atoms in total. The molecule has 0 spiro atoms. The molecule has 1 N–H and O–H groups in total. The molecule has 0 radical (unpaired) electrons. The first-order valence-electron chi connectivity index (χ1n) is 13.8. The number of hydrogen-bond donors (Lipinski definition) is 1. The number of nitrogens with one attached hydrogen (secondary N) is 1. The third kappa shape index (κ3) is 7.80. The third-order valence-corrected chi connectivity index (χ3v) is 9.47. The number of nitrogens with zero attached hydrogens (tertiary/aromatic N) is 2. The fraction of sp³-hybridized carbons (Fsp3) is 0.355. The zero-order chi connectivity index (χ0) is 30.3. The normalized spacial score (nSPS) is 14.6. The number of anilines is 1. The summed E-state index contributed by atoms with van der Waals surface area (Å²) in [5.41, 5.74) is 0.822. The van der Waals surface area contributed by atoms with Gasteiger partial charge in [-0.3, -0.25) is 13.9 Å². The van der Waals surface area contributed by atoms with Crippen molar-refractivity contribution >= 4 is 39.1 Å². The van der Waals surface area contributed by atoms with Crippen LogP contribution in [0.2, 0.25) is 5.02 Å². The molecule has 1 atom stereocenters. The van der Waals surface area contributed by atoms with Gasteiger partial charge in [0, 0.05) is 17.6 Å². The molecule has 11 heteroatoms. The Bertz CT molecular complexity index is 1460. The number of methoxy groups -OCH3 is 1. The molecule has 0 heterocycles. The first-order chi connectivity index (χ1) is 20.1. The van der Waals surface area contributed by atoms with Gasteiger partial charge < -0.3 is 15.0 Å². The molecule has 1 aliphatic rings. The van der Waals surface area contributed by atoms with Gasteiger partial charge in [-0.15, -0.1) is 0 Å². The molecular weight excluding hydrogens is 581 g/mol. The molecule has 0 aromatic heterocycles. The molecule has 1 fully saturated rings. The van der Waals surface area contributed by atoms with Crippen LogP contribution in [-0.4, -0.2) is 50.9 Å². The second-order valence-corrected chi connectivity index (χ2v) is 12.6. The van der Waals surface area contributed by atoms with Crippen molar-refractivity contribution in [2.24, 2.45) is 0 Å². The highest BCUT2D eigenvalue weighted by Crippen LogP contribution is 2.27. The van der Waals surface area contributed by atoms with E-state index in [0.29, 0.717) is 16.3 Å². The van der Waals surface area contributed by atoms with Gasteiger partial charge in [0.1, 0.15) is 24.2 Å². The highest BCUT2D eigenvalue weighted by molar-refractivity contribution is 7.92. The minimum Gasteiger partial charge on any atom is -0.497 e. The van der Waals surface area contributed by atoms with Crippen molar-refractivity contribution in [3.8, 4) is 5.75 Å². The molecule has 224 valence electrons. The topological polar surface area (TPSA) is 96.0 Å². The number of benzene rings is 3. The van der Waals surface area contributed by atoms with E-state index < -0.39 is 34.3 Å². The van der Waals surface area contributed by atoms with Gasteiger partial charge in [-0.05, 0) is 86.0 Å². The van der Waals surface area contributed by atoms with Crippen LogP contribution < -0.4 is 14.4 Å². The van der Waals surface area contributed by atoms with Crippen LogP contribution >= 0.6 is 11.6 Å². The van der Waals surface area contributed by atoms with Gasteiger partial charge in [0.05, 0.1) is 17.7 Å². The largest absolute Gasteiger partial charge is 0.497 e. The number of rotatable bonds is 11. The van der Waals surface area contributed by atoms with Crippen molar-refractivity contribution in [3.63, 3.8) is 0 Å². The average Bonchev–Trinajstić information content (AvgIpc) is 3.00. The quantitative estimate of drug-likeness (QED) is 0.305. The average molecular weight is 616 g/mol. The standard InChI is InChI=1S/C31H35ClFN3O5S/c1-22(31(38)34-26-6-4-3-5-7-26)35(20-23-8-12-25(33)13-9-23)30(37)21-36(27-14-10-24(32)11-15-27)42(39,40)29-18-16-28(41-2)17-19-29/h8-19,22,26H,3-7,20-21H2,1-2H3,(H,34,38)/t22-/m1/s1. The predicted molar refractivity (Wildman–Crippen MR) is 160 cm³/mol. The maximum atomic E-state index is 14.0. The number of carbonyl (C=O) groups is 2. The lowest BCUT2D eigenvalue weighted by Gasteiger charge is -2.33. The fourth-order valence-electron chi connectivity index (χ4n) is 4.95. The number of amides is 2. The Morgan fingerprint density at radius 3 is 2.19 bits per heavy atom. The molecule has 2 amide bonds. The van der Waals surface area contributed by atoms with Crippen LogP contribution in [0.25, 0.3) is 0 Å². The van der Waals surface area contributed by atoms with Crippen molar-refractivity contribution in [1.29, 1.82) is 0 Å². The van der Waals surface area contributed by atoms with Crippen molar-refractivity contribution in [2.45, 2.75) is 62.6 Å². The lowest BCUT2D eigenvalue weighted by molar-refractivity contribution is -0.139. The zero-order valence-electron chi connectivity index (χ0n) is 23.6. The van der Waals surface area contributed by atoms with E-state index in [1.807, 2.05) is 0 Å². The van der Waals surface area contributed by atoms with Crippen molar-refractivity contribution < 1.29 is 27.1 Å². The van der Waals surface area contributed by atoms with Crippen molar-refractivity contribution in [1.82, 2.24) is 10.2 Å². The summed E-state index contributed by atoms with van der Waals surface area (Å²) in [6, 6.07) is 16.7. The SMILES string of the molecule is COc1ccc(S(=O)(=O)N(CC(=O)N(Cc2ccc(F)cc2)[C@H](C)C(=O)NC2CCCCC2)c2ccc(Cl)cc2)cc1. The van der Waals surface area contributed by atoms with Gasteiger partial charge in [-0.1, -0.05) is 43.0 Å². The first-order valence-corrected chi connectivity index (χ1v) is 15.7. The Kier molecular flexibility index (Phi) is 10.5. The van der Waals surface area contributed by atoms with Crippen LogP contribution in [0.1, 0.15) is 44.6 Å². The highest BCUT2D eigenvalue weighted by atomic mass is 35.5. The summed E-state index contributed by atoms with van der Waals surface area (Å²) >= 11 is 6.07. The summed E-state index contributed by atoms with van der Waals surface area (Å²) in [7, 11) is -2.75. The van der Waals surface area contributed by atoms with Gasteiger partial charge in [-0.25, -0.2) is 12.8 Å². The van der Waals surface area contributed by atoms with Crippen molar-refractivity contribution in [3.05, 3.63) is 89.2 Å². The Hall–Kier alpha value is -3.63. The molecule has 0 unspecified atom stereocenters. The number of ether oxygens (including phenoxy) is 1. The monoisotopic (exact) mass is 615 g/mol. The van der Waals surface area contributed by atoms with Crippen LogP contribution in [0.5, 0.6) is 5.75 Å². The molecule has 1 aliphatic carbocycles. The summed E-state index contributed by atoms with van der Waals surface area (Å²) in [5, 5.41) is 3.46. The molecule has 3 aromatic rings. The minimum absolute atomic E-state index is 0.0184. The summed E-state index contributed by atoms with van der Waals surface area (Å²) < 4.78 is 47.6. The summed E-state index contributed by atoms with van der Waals surface area (Å²) in [5.74, 6) is -0.878. The number of sulfonamides is 1. The smallest absolute Gasteiger partial charge is 0.264 e. The van der Waals surface area contributed by atoms with Crippen LogP contribution in [-0.2, 0) is 26.2 Å². The summed E-state index contributed by atoms with van der Waals surface area (Å²) in [4.78, 5) is 28.6. The number of carbonyl (C=O) groups excluding carboxylic acids is 2. The van der Waals surface area contributed by atoms with E-state index in [2.05, 4.69) is 5.32 Å². The minimum atomic E-state index is -4.23. The Balaban J connectivity index is 1.66. The van der Waals surface area contributed by atoms with Gasteiger partial charge in [0.15, 0.2) is 0 Å². The summed E-state index contributed by atoms with van der Waals surface area (Å²) in [6.07, 6.45) is 4.91. The second-order valence-electron chi connectivity index (χ2n) is 10.3. The van der Waals surface area contributed by atoms with Gasteiger partial charge >= 0.3 is 0 Å². The molecule has 1 saturated carbocycles. The molecule has 42 heavy (non-hydrogen) atoms. The Morgan fingerprint density at radius 1 is 0.976 bits per heavy atom. The lowest BCUT2D eigenvalue weighted by atomic mass is 9.95. The van der Waals surface area contributed by atoms with E-state index in [0.717, 1.165) is 36.4 Å². The number of halogens is 2. The number of hydrogen-bond acceptors (Lipinski definition) is 5. The fourth-order valence-corrected chi connectivity index (χ4v) is 6.49. The first kappa shape index (κ1) is 31.3. The lowest BCUT2D eigenvalue weighted by Crippen LogP contribution is -2.53. The second kappa shape index (κ2) is 14.0. The Labute approximate surface area is 251 Å². The molecule has 0 saturated heterocycles. The molecular formula is C31H35ClFN3O5S. The third-order valence-electron chi connectivity index (χ3n) is 7.43. The molecule has 0 bridgehead atoms. The van der Waals surface area contributed by atoms with Crippen LogP contribution in [0, 0.1) is 5.82 Å².